The molecular formula is C21H12F6N2O6. The molecule has 3 aromatic carbocycles. The molecule has 35 heavy (non-hydrogen) atoms. The molecule has 0 spiro atoms. The molecule has 14 heteroatoms. The number of aromatic hydroxyl groups is 2. The Morgan fingerprint density at radius 1 is 0.743 bits per heavy atom. The molecule has 3 aromatic rings. The Morgan fingerprint density at radius 3 is 1.51 bits per heavy atom. The van der Waals surface area contributed by atoms with Crippen molar-refractivity contribution in [3.63, 3.8) is 0 Å². The molecule has 0 aliphatic carbocycles. The lowest BCUT2D eigenvalue weighted by Gasteiger charge is -2.35. The monoisotopic (exact) mass is 502 g/mol. The van der Waals surface area contributed by atoms with Crippen molar-refractivity contribution in [2.24, 2.45) is 0 Å². The van der Waals surface area contributed by atoms with Gasteiger partial charge in [-0.2, -0.15) is 8.78 Å². The molecule has 2 N–H and O–H groups in total. The second-order valence-corrected chi connectivity index (χ2v) is 7.24. The average Bonchev–Trinajstić information content (AvgIpc) is 2.79. The van der Waals surface area contributed by atoms with Crippen molar-refractivity contribution in [1.82, 2.24) is 0 Å². The maximum absolute atomic E-state index is 15.2. The van der Waals surface area contributed by atoms with E-state index in [1.54, 1.807) is 0 Å². The zero-order valence-corrected chi connectivity index (χ0v) is 17.3. The fraction of sp³-hybridized carbons (Fsp3) is 0.143. The average molecular weight is 502 g/mol. The first kappa shape index (κ1) is 25.3. The zero-order chi connectivity index (χ0) is 26.4. The van der Waals surface area contributed by atoms with Crippen LogP contribution in [-0.2, 0) is 5.41 Å². The third-order valence-electron chi connectivity index (χ3n) is 5.56. The van der Waals surface area contributed by atoms with Crippen LogP contribution in [0.3, 0.4) is 0 Å². The predicted molar refractivity (Wildman–Crippen MR) is 106 cm³/mol. The molecule has 0 saturated carbocycles. The maximum Gasteiger partial charge on any atom is 0.314 e. The Bertz CT molecular complexity index is 1320. The zero-order valence-electron chi connectivity index (χ0n) is 17.3. The van der Waals surface area contributed by atoms with E-state index in [1.807, 2.05) is 0 Å². The highest BCUT2D eigenvalue weighted by Gasteiger charge is 2.46. The number of hydrogen-bond acceptors (Lipinski definition) is 6. The van der Waals surface area contributed by atoms with Gasteiger partial charge in [0.25, 0.3) is 0 Å². The normalized spacial score (nSPS) is 11.5. The molecule has 184 valence electrons. The Morgan fingerprint density at radius 2 is 1.17 bits per heavy atom. The quantitative estimate of drug-likeness (QED) is 0.199. The summed E-state index contributed by atoms with van der Waals surface area (Å²) in [6.45, 7) is 1.09. The van der Waals surface area contributed by atoms with Crippen LogP contribution in [0.2, 0.25) is 0 Å². The van der Waals surface area contributed by atoms with Crippen LogP contribution in [0.25, 0.3) is 0 Å². The summed E-state index contributed by atoms with van der Waals surface area (Å²) in [7, 11) is 0. The Hall–Kier alpha value is -4.36. The summed E-state index contributed by atoms with van der Waals surface area (Å²) < 4.78 is 88.1. The second kappa shape index (κ2) is 8.77. The first-order chi connectivity index (χ1) is 16.3. The van der Waals surface area contributed by atoms with E-state index >= 15 is 13.2 Å². The van der Waals surface area contributed by atoms with E-state index in [9.17, 15) is 43.6 Å². The van der Waals surface area contributed by atoms with Crippen LogP contribution < -0.4 is 0 Å². The van der Waals surface area contributed by atoms with Crippen LogP contribution in [0.1, 0.15) is 30.0 Å². The smallest absolute Gasteiger partial charge is 0.314 e. The van der Waals surface area contributed by atoms with E-state index in [-0.39, 0.29) is 18.2 Å². The third-order valence-corrected chi connectivity index (χ3v) is 5.56. The van der Waals surface area contributed by atoms with Crippen LogP contribution >= 0.6 is 0 Å². The molecule has 8 nitrogen and oxygen atoms in total. The Labute approximate surface area is 191 Å². The second-order valence-electron chi connectivity index (χ2n) is 7.24. The van der Waals surface area contributed by atoms with E-state index < -0.39 is 96.1 Å². The van der Waals surface area contributed by atoms with Gasteiger partial charge in [0.2, 0.25) is 23.1 Å². The van der Waals surface area contributed by atoms with Crippen molar-refractivity contribution in [3.8, 4) is 11.5 Å². The Balaban J connectivity index is 2.66. The largest absolute Gasteiger partial charge is 0.500 e. The van der Waals surface area contributed by atoms with Crippen molar-refractivity contribution in [1.29, 1.82) is 0 Å². The molecule has 0 aromatic heterocycles. The highest BCUT2D eigenvalue weighted by atomic mass is 19.2. The molecule has 0 radical (unpaired) electrons. The molecule has 0 aliphatic rings. The lowest BCUT2D eigenvalue weighted by Crippen LogP contribution is -2.33. The maximum atomic E-state index is 15.2. The van der Waals surface area contributed by atoms with E-state index in [4.69, 9.17) is 0 Å². The van der Waals surface area contributed by atoms with Gasteiger partial charge in [-0.3, -0.25) is 20.2 Å². The van der Waals surface area contributed by atoms with Crippen molar-refractivity contribution < 1.29 is 46.4 Å². The number of nitrogens with zero attached hydrogens (tertiary/aromatic N) is 2. The molecule has 0 aliphatic heterocycles. The van der Waals surface area contributed by atoms with Crippen molar-refractivity contribution in [2.75, 3.05) is 0 Å². The summed E-state index contributed by atoms with van der Waals surface area (Å²) in [5.41, 5.74) is -9.04. The molecule has 0 heterocycles. The van der Waals surface area contributed by atoms with Gasteiger partial charge in [-0.25, -0.2) is 17.6 Å². The van der Waals surface area contributed by atoms with Crippen LogP contribution in [0.4, 0.5) is 37.7 Å². The highest BCUT2D eigenvalue weighted by molar-refractivity contribution is 5.61. The fourth-order valence-corrected chi connectivity index (χ4v) is 3.95. The van der Waals surface area contributed by atoms with Gasteiger partial charge in [0.05, 0.1) is 15.3 Å². The lowest BCUT2D eigenvalue weighted by molar-refractivity contribution is -0.386. The van der Waals surface area contributed by atoms with Crippen LogP contribution in [0.5, 0.6) is 11.5 Å². The first-order valence-electron chi connectivity index (χ1n) is 9.46. The number of nitro benzene ring substituents is 2. The Kier molecular flexibility index (Phi) is 6.33. The number of nitro groups is 2. The van der Waals surface area contributed by atoms with Crippen molar-refractivity contribution in [2.45, 2.75) is 18.8 Å². The van der Waals surface area contributed by atoms with E-state index in [0.29, 0.717) is 12.1 Å². The number of rotatable bonds is 6. The first-order valence-corrected chi connectivity index (χ1v) is 9.46. The molecular weight excluding hydrogens is 490 g/mol. The molecule has 0 fully saturated rings. The molecule has 3 rings (SSSR count). The van der Waals surface area contributed by atoms with E-state index in [1.165, 1.54) is 0 Å². The number of phenols is 2. The molecule has 0 saturated heterocycles. The minimum absolute atomic E-state index is 0.218. The van der Waals surface area contributed by atoms with E-state index in [0.717, 1.165) is 6.92 Å². The lowest BCUT2D eigenvalue weighted by atomic mass is 9.66. The SMILES string of the molecule is CCC(c1ccc(F)cc1F)(c1cc([N+](=O)[O-])c(O)c(F)c1F)c1cc([N+](=O)[O-])c(O)c(F)c1F. The highest BCUT2D eigenvalue weighted by Crippen LogP contribution is 2.50. The molecule has 0 unspecified atom stereocenters. The van der Waals surface area contributed by atoms with Crippen molar-refractivity contribution >= 4 is 11.4 Å². The topological polar surface area (TPSA) is 127 Å². The number of halogens is 6. The van der Waals surface area contributed by atoms with Crippen LogP contribution in [-0.4, -0.2) is 20.1 Å². The summed E-state index contributed by atoms with van der Waals surface area (Å²) in [5, 5.41) is 42.0. The van der Waals surface area contributed by atoms with Gasteiger partial charge < -0.3 is 10.2 Å². The third kappa shape index (κ3) is 3.76. The van der Waals surface area contributed by atoms with Crippen LogP contribution in [0, 0.1) is 55.1 Å². The summed E-state index contributed by atoms with van der Waals surface area (Å²) in [6.07, 6.45) is -0.758. The van der Waals surface area contributed by atoms with Crippen LogP contribution in [0.15, 0.2) is 30.3 Å². The van der Waals surface area contributed by atoms with Gasteiger partial charge in [-0.15, -0.1) is 0 Å². The van der Waals surface area contributed by atoms with Gasteiger partial charge in [-0.05, 0) is 12.5 Å². The van der Waals surface area contributed by atoms with Gasteiger partial charge in [0, 0.05) is 34.9 Å². The molecule has 0 amide bonds. The fourth-order valence-electron chi connectivity index (χ4n) is 3.95. The summed E-state index contributed by atoms with van der Waals surface area (Å²) in [4.78, 5) is 19.9. The van der Waals surface area contributed by atoms with Gasteiger partial charge >= 0.3 is 11.4 Å². The summed E-state index contributed by atoms with van der Waals surface area (Å²) in [5.74, 6) is -14.8. The summed E-state index contributed by atoms with van der Waals surface area (Å²) in [6, 6.07) is 1.91. The number of hydrogen-bond donors (Lipinski definition) is 2. The standard InChI is InChI=1S/C21H12F6N2O6/c1-2-21(9-4-3-8(22)5-12(9)23,10-6-13(28(32)33)19(30)17(26)15(10)24)11-7-14(29(34)35)20(31)18(27)16(11)25/h3-7,30-31H,2H2,1H3. The number of phenolic OH excluding ortho intramolecular Hbond substituents is 2. The van der Waals surface area contributed by atoms with Gasteiger partial charge in [-0.1, -0.05) is 13.0 Å². The molecule has 0 atom stereocenters. The van der Waals surface area contributed by atoms with Gasteiger partial charge in [0.1, 0.15) is 11.6 Å². The van der Waals surface area contributed by atoms with E-state index in [2.05, 4.69) is 0 Å². The predicted octanol–water partition coefficient (Wildman–Crippen LogP) is 5.49. The van der Waals surface area contributed by atoms with Gasteiger partial charge in [0.15, 0.2) is 11.6 Å². The van der Waals surface area contributed by atoms with Crippen molar-refractivity contribution in [3.05, 3.63) is 102 Å². The summed E-state index contributed by atoms with van der Waals surface area (Å²) >= 11 is 0. The molecule has 0 bridgehead atoms. The minimum atomic E-state index is -2.80. The minimum Gasteiger partial charge on any atom is -0.500 e. The number of benzene rings is 3.